The molecule has 1 atom stereocenters. The first-order chi connectivity index (χ1) is 9.04. The van der Waals surface area contributed by atoms with Crippen LogP contribution in [0.4, 0.5) is 0 Å². The minimum absolute atomic E-state index is 0.200. The Bertz CT molecular complexity index is 566. The number of rotatable bonds is 4. The van der Waals surface area contributed by atoms with E-state index in [1.165, 1.54) is 16.0 Å². The van der Waals surface area contributed by atoms with Crippen molar-refractivity contribution in [2.45, 2.75) is 36.1 Å². The Morgan fingerprint density at radius 2 is 2.00 bits per heavy atom. The largest absolute Gasteiger partial charge is 0.328 e. The Morgan fingerprint density at radius 3 is 2.63 bits per heavy atom. The summed E-state index contributed by atoms with van der Waals surface area (Å²) in [7, 11) is 0. The lowest BCUT2D eigenvalue weighted by molar-refractivity contribution is 0.737. The molecule has 100 valence electrons. The van der Waals surface area contributed by atoms with E-state index < -0.39 is 0 Å². The second kappa shape index (κ2) is 6.47. The van der Waals surface area contributed by atoms with Crippen molar-refractivity contribution in [3.05, 3.63) is 58.6 Å². The summed E-state index contributed by atoms with van der Waals surface area (Å²) in [5.74, 6) is 0. The molecule has 0 fully saturated rings. The van der Waals surface area contributed by atoms with Crippen molar-refractivity contribution < 1.29 is 0 Å². The summed E-state index contributed by atoms with van der Waals surface area (Å²) in [6, 6.07) is 14.7. The number of halogens is 1. The number of hydrogen-bond acceptors (Lipinski definition) is 2. The highest BCUT2D eigenvalue weighted by Crippen LogP contribution is 2.32. The Kier molecular flexibility index (Phi) is 4.92. The zero-order valence-electron chi connectivity index (χ0n) is 11.2. The average molecular weight is 292 g/mol. The maximum absolute atomic E-state index is 6.01. The summed E-state index contributed by atoms with van der Waals surface area (Å²) < 4.78 is 0. The van der Waals surface area contributed by atoms with Gasteiger partial charge in [-0.25, -0.2) is 0 Å². The highest BCUT2D eigenvalue weighted by molar-refractivity contribution is 7.99. The van der Waals surface area contributed by atoms with Crippen molar-refractivity contribution >= 4 is 23.4 Å². The van der Waals surface area contributed by atoms with Crippen LogP contribution in [0.15, 0.2) is 52.3 Å². The van der Waals surface area contributed by atoms with E-state index in [0.717, 1.165) is 16.3 Å². The van der Waals surface area contributed by atoms with Crippen LogP contribution in [0.5, 0.6) is 0 Å². The van der Waals surface area contributed by atoms with E-state index in [0.29, 0.717) is 0 Å². The average Bonchev–Trinajstić information content (AvgIpc) is 2.32. The first-order valence-electron chi connectivity index (χ1n) is 6.33. The van der Waals surface area contributed by atoms with Crippen LogP contribution in [0.2, 0.25) is 5.02 Å². The molecule has 19 heavy (non-hydrogen) atoms. The molecule has 0 aromatic heterocycles. The van der Waals surface area contributed by atoms with E-state index in [2.05, 4.69) is 31.2 Å². The van der Waals surface area contributed by atoms with Gasteiger partial charge >= 0.3 is 0 Å². The fraction of sp³-hybridized carbons (Fsp3) is 0.250. The Hall–Kier alpha value is -0.960. The molecular weight excluding hydrogens is 274 g/mol. The Labute approximate surface area is 124 Å². The van der Waals surface area contributed by atoms with Crippen LogP contribution in [-0.2, 0) is 6.42 Å². The predicted molar refractivity (Wildman–Crippen MR) is 84.1 cm³/mol. The van der Waals surface area contributed by atoms with Crippen LogP contribution in [0.1, 0.15) is 18.1 Å². The van der Waals surface area contributed by atoms with Gasteiger partial charge in [0.25, 0.3) is 0 Å². The fourth-order valence-corrected chi connectivity index (χ4v) is 3.18. The van der Waals surface area contributed by atoms with Gasteiger partial charge < -0.3 is 5.73 Å². The molecule has 0 heterocycles. The van der Waals surface area contributed by atoms with E-state index >= 15 is 0 Å². The summed E-state index contributed by atoms with van der Waals surface area (Å²) in [5, 5.41) is 0.774. The van der Waals surface area contributed by atoms with Gasteiger partial charge in [-0.15, -0.1) is 0 Å². The molecule has 0 saturated carbocycles. The van der Waals surface area contributed by atoms with E-state index in [4.69, 9.17) is 17.3 Å². The number of benzene rings is 2. The van der Waals surface area contributed by atoms with Crippen molar-refractivity contribution in [1.82, 2.24) is 0 Å². The van der Waals surface area contributed by atoms with Gasteiger partial charge in [-0.3, -0.25) is 0 Å². The van der Waals surface area contributed by atoms with Gasteiger partial charge in [0.05, 0.1) is 0 Å². The van der Waals surface area contributed by atoms with Crippen LogP contribution < -0.4 is 5.73 Å². The van der Waals surface area contributed by atoms with Crippen LogP contribution >= 0.6 is 23.4 Å². The zero-order valence-corrected chi connectivity index (χ0v) is 12.8. The van der Waals surface area contributed by atoms with Crippen molar-refractivity contribution in [2.24, 2.45) is 5.73 Å². The third-order valence-corrected chi connectivity index (χ3v) is 4.22. The first kappa shape index (κ1) is 14.4. The molecule has 3 heteroatoms. The molecule has 0 bridgehead atoms. The molecular formula is C16H18ClNS. The lowest BCUT2D eigenvalue weighted by atomic mass is 10.1. The van der Waals surface area contributed by atoms with Gasteiger partial charge in [-0.1, -0.05) is 41.6 Å². The lowest BCUT2D eigenvalue weighted by Crippen LogP contribution is -2.17. The number of nitrogens with two attached hydrogens (primary N) is 1. The minimum Gasteiger partial charge on any atom is -0.328 e. The Morgan fingerprint density at radius 1 is 1.21 bits per heavy atom. The second-order valence-corrected chi connectivity index (χ2v) is 6.39. The summed E-state index contributed by atoms with van der Waals surface area (Å²) >= 11 is 7.75. The molecule has 2 rings (SSSR count). The van der Waals surface area contributed by atoms with Crippen LogP contribution in [0.3, 0.4) is 0 Å². The minimum atomic E-state index is 0.200. The number of aryl methyl sites for hydroxylation is 1. The van der Waals surface area contributed by atoms with Gasteiger partial charge in [-0.2, -0.15) is 0 Å². The quantitative estimate of drug-likeness (QED) is 0.884. The molecule has 0 saturated heterocycles. The molecule has 1 nitrogen and oxygen atoms in total. The van der Waals surface area contributed by atoms with Gasteiger partial charge in [0.1, 0.15) is 0 Å². The SMILES string of the molecule is Cc1cc(CC(C)N)ccc1Sc1cccc(Cl)c1. The maximum Gasteiger partial charge on any atom is 0.0417 e. The fourth-order valence-electron chi connectivity index (χ4n) is 1.98. The van der Waals surface area contributed by atoms with Gasteiger partial charge in [-0.05, 0) is 55.7 Å². The smallest absolute Gasteiger partial charge is 0.0417 e. The molecule has 0 aliphatic carbocycles. The zero-order chi connectivity index (χ0) is 13.8. The van der Waals surface area contributed by atoms with Crippen molar-refractivity contribution in [1.29, 1.82) is 0 Å². The lowest BCUT2D eigenvalue weighted by Gasteiger charge is -2.10. The van der Waals surface area contributed by atoms with Gasteiger partial charge in [0.15, 0.2) is 0 Å². The van der Waals surface area contributed by atoms with Gasteiger partial charge in [0, 0.05) is 20.9 Å². The van der Waals surface area contributed by atoms with Crippen molar-refractivity contribution in [3.63, 3.8) is 0 Å². The van der Waals surface area contributed by atoms with Gasteiger partial charge in [0.2, 0.25) is 0 Å². The van der Waals surface area contributed by atoms with E-state index in [1.807, 2.05) is 25.1 Å². The molecule has 0 aliphatic rings. The van der Waals surface area contributed by atoms with E-state index in [1.54, 1.807) is 11.8 Å². The second-order valence-electron chi connectivity index (χ2n) is 4.84. The molecule has 0 spiro atoms. The topological polar surface area (TPSA) is 26.0 Å². The van der Waals surface area contributed by atoms with Crippen LogP contribution in [0, 0.1) is 6.92 Å². The summed E-state index contributed by atoms with van der Waals surface area (Å²) in [6.45, 7) is 4.17. The molecule has 0 aliphatic heterocycles. The summed E-state index contributed by atoms with van der Waals surface area (Å²) in [6.07, 6.45) is 0.920. The molecule has 0 radical (unpaired) electrons. The van der Waals surface area contributed by atoms with Crippen molar-refractivity contribution in [2.75, 3.05) is 0 Å². The standard InChI is InChI=1S/C16H18ClNS/c1-11-8-13(9-12(2)18)6-7-16(11)19-15-5-3-4-14(17)10-15/h3-8,10,12H,9,18H2,1-2H3. The highest BCUT2D eigenvalue weighted by atomic mass is 35.5. The third kappa shape index (κ3) is 4.27. The third-order valence-electron chi connectivity index (χ3n) is 2.82. The van der Waals surface area contributed by atoms with E-state index in [-0.39, 0.29) is 6.04 Å². The van der Waals surface area contributed by atoms with Crippen LogP contribution in [0.25, 0.3) is 0 Å². The first-order valence-corrected chi connectivity index (χ1v) is 7.52. The van der Waals surface area contributed by atoms with Crippen molar-refractivity contribution in [3.8, 4) is 0 Å². The molecule has 1 unspecified atom stereocenters. The Balaban J connectivity index is 2.17. The number of hydrogen-bond donors (Lipinski definition) is 1. The predicted octanol–water partition coefficient (Wildman–Crippen LogP) is 4.69. The molecule has 2 aromatic rings. The summed E-state index contributed by atoms with van der Waals surface area (Å²) in [4.78, 5) is 2.42. The summed E-state index contributed by atoms with van der Waals surface area (Å²) in [5.41, 5.74) is 8.41. The maximum atomic E-state index is 6.01. The highest BCUT2D eigenvalue weighted by Gasteiger charge is 2.04. The molecule has 2 aromatic carbocycles. The monoisotopic (exact) mass is 291 g/mol. The molecule has 2 N–H and O–H groups in total. The van der Waals surface area contributed by atoms with E-state index in [9.17, 15) is 0 Å². The van der Waals surface area contributed by atoms with Crippen LogP contribution in [-0.4, -0.2) is 6.04 Å². The molecule has 0 amide bonds. The normalized spacial score (nSPS) is 12.4.